The predicted octanol–water partition coefficient (Wildman–Crippen LogP) is -0.478. The third-order valence-electron chi connectivity index (χ3n) is 2.20. The number of amides is 1. The van der Waals surface area contributed by atoms with Gasteiger partial charge in [0.2, 0.25) is 5.91 Å². The molecule has 0 saturated heterocycles. The van der Waals surface area contributed by atoms with Crippen LogP contribution in [0.2, 0.25) is 0 Å². The van der Waals surface area contributed by atoms with Gasteiger partial charge in [-0.25, -0.2) is 8.42 Å². The number of carbonyl (C=O) groups excluding carboxylic acids is 1. The number of carbonyl (C=O) groups is 1. The van der Waals surface area contributed by atoms with Crippen LogP contribution in [0.4, 0.5) is 0 Å². The second-order valence-electron chi connectivity index (χ2n) is 3.51. The van der Waals surface area contributed by atoms with E-state index in [1.54, 1.807) is 13.8 Å². The standard InChI is InChI=1S/C9H20N2O3S/c1-3-15(13,14)7-6-11-9(12)8(2)4-5-10/h8H,3-7,10H2,1-2H3,(H,11,12). The fraction of sp³-hybridized carbons (Fsp3) is 0.889. The van der Waals surface area contributed by atoms with Crippen molar-refractivity contribution in [2.75, 3.05) is 24.6 Å². The average molecular weight is 236 g/mol. The molecule has 0 bridgehead atoms. The monoisotopic (exact) mass is 236 g/mol. The number of hydrogen-bond donors (Lipinski definition) is 2. The van der Waals surface area contributed by atoms with Gasteiger partial charge in [0.1, 0.15) is 0 Å². The second kappa shape index (κ2) is 6.79. The lowest BCUT2D eigenvalue weighted by atomic mass is 10.1. The largest absolute Gasteiger partial charge is 0.355 e. The molecule has 6 heteroatoms. The Balaban J connectivity index is 3.82. The molecule has 1 unspecified atom stereocenters. The Hall–Kier alpha value is -0.620. The number of hydrogen-bond acceptors (Lipinski definition) is 4. The molecule has 0 aliphatic rings. The first kappa shape index (κ1) is 14.4. The van der Waals surface area contributed by atoms with Crippen molar-refractivity contribution >= 4 is 15.7 Å². The maximum absolute atomic E-state index is 11.3. The third-order valence-corrected chi connectivity index (χ3v) is 3.91. The van der Waals surface area contributed by atoms with Crippen LogP contribution in [0, 0.1) is 5.92 Å². The molecule has 5 nitrogen and oxygen atoms in total. The molecule has 0 heterocycles. The smallest absolute Gasteiger partial charge is 0.222 e. The molecule has 90 valence electrons. The molecular weight excluding hydrogens is 216 g/mol. The van der Waals surface area contributed by atoms with Crippen LogP contribution >= 0.6 is 0 Å². The van der Waals surface area contributed by atoms with Crippen molar-refractivity contribution in [1.82, 2.24) is 5.32 Å². The van der Waals surface area contributed by atoms with Gasteiger partial charge in [0, 0.05) is 18.2 Å². The fourth-order valence-corrected chi connectivity index (χ4v) is 1.73. The highest BCUT2D eigenvalue weighted by atomic mass is 32.2. The van der Waals surface area contributed by atoms with E-state index in [2.05, 4.69) is 5.32 Å². The first-order chi connectivity index (χ1) is 6.93. The van der Waals surface area contributed by atoms with Gasteiger partial charge >= 0.3 is 0 Å². The maximum atomic E-state index is 11.3. The first-order valence-electron chi connectivity index (χ1n) is 5.11. The maximum Gasteiger partial charge on any atom is 0.222 e. The first-order valence-corrected chi connectivity index (χ1v) is 6.93. The van der Waals surface area contributed by atoms with Gasteiger partial charge in [0.25, 0.3) is 0 Å². The Bertz CT molecular complexity index is 288. The molecule has 0 aliphatic heterocycles. The van der Waals surface area contributed by atoms with Gasteiger partial charge in [-0.1, -0.05) is 13.8 Å². The lowest BCUT2D eigenvalue weighted by Crippen LogP contribution is -2.34. The number of nitrogens with two attached hydrogens (primary N) is 1. The molecule has 0 fully saturated rings. The van der Waals surface area contributed by atoms with Crippen molar-refractivity contribution in [3.05, 3.63) is 0 Å². The van der Waals surface area contributed by atoms with Gasteiger partial charge in [-0.3, -0.25) is 4.79 Å². The van der Waals surface area contributed by atoms with Gasteiger partial charge in [0.15, 0.2) is 9.84 Å². The van der Waals surface area contributed by atoms with Crippen molar-refractivity contribution < 1.29 is 13.2 Å². The summed E-state index contributed by atoms with van der Waals surface area (Å²) in [6, 6.07) is 0. The molecule has 0 aromatic carbocycles. The average Bonchev–Trinajstić information content (AvgIpc) is 2.18. The van der Waals surface area contributed by atoms with Crippen molar-refractivity contribution in [3.8, 4) is 0 Å². The molecule has 3 N–H and O–H groups in total. The summed E-state index contributed by atoms with van der Waals surface area (Å²) < 4.78 is 22.2. The lowest BCUT2D eigenvalue weighted by Gasteiger charge is -2.10. The Kier molecular flexibility index (Phi) is 6.51. The van der Waals surface area contributed by atoms with Crippen LogP contribution < -0.4 is 11.1 Å². The summed E-state index contributed by atoms with van der Waals surface area (Å²) in [5.74, 6) is -0.169. The minimum Gasteiger partial charge on any atom is -0.355 e. The van der Waals surface area contributed by atoms with Crippen LogP contribution in [0.5, 0.6) is 0 Å². The molecule has 0 spiro atoms. The van der Waals surface area contributed by atoms with E-state index in [0.29, 0.717) is 13.0 Å². The van der Waals surface area contributed by atoms with Gasteiger partial charge < -0.3 is 11.1 Å². The highest BCUT2D eigenvalue weighted by Crippen LogP contribution is 1.99. The van der Waals surface area contributed by atoms with E-state index in [-0.39, 0.29) is 29.9 Å². The van der Waals surface area contributed by atoms with Crippen LogP contribution in [0.1, 0.15) is 20.3 Å². The van der Waals surface area contributed by atoms with Crippen molar-refractivity contribution in [3.63, 3.8) is 0 Å². The molecule has 1 amide bonds. The molecule has 0 radical (unpaired) electrons. The summed E-state index contributed by atoms with van der Waals surface area (Å²) in [6.45, 7) is 4.01. The van der Waals surface area contributed by atoms with Crippen LogP contribution in [0.25, 0.3) is 0 Å². The normalized spacial score (nSPS) is 13.5. The highest BCUT2D eigenvalue weighted by Gasteiger charge is 2.12. The second-order valence-corrected chi connectivity index (χ2v) is 5.98. The van der Waals surface area contributed by atoms with Crippen molar-refractivity contribution in [2.45, 2.75) is 20.3 Å². The number of rotatable bonds is 7. The summed E-state index contributed by atoms with van der Waals surface area (Å²) >= 11 is 0. The lowest BCUT2D eigenvalue weighted by molar-refractivity contribution is -0.124. The zero-order valence-electron chi connectivity index (χ0n) is 9.32. The van der Waals surface area contributed by atoms with Gasteiger partial charge in [-0.15, -0.1) is 0 Å². The van der Waals surface area contributed by atoms with Crippen LogP contribution in [-0.4, -0.2) is 38.9 Å². The van der Waals surface area contributed by atoms with Gasteiger partial charge in [-0.05, 0) is 13.0 Å². The van der Waals surface area contributed by atoms with Crippen LogP contribution in [-0.2, 0) is 14.6 Å². The Morgan fingerprint density at radius 3 is 2.53 bits per heavy atom. The molecule has 0 aromatic rings. The summed E-state index contributed by atoms with van der Waals surface area (Å²) in [5.41, 5.74) is 5.31. The predicted molar refractivity (Wildman–Crippen MR) is 60.2 cm³/mol. The SMILES string of the molecule is CCS(=O)(=O)CCNC(=O)C(C)CCN. The zero-order chi connectivity index (χ0) is 11.9. The Morgan fingerprint density at radius 1 is 1.47 bits per heavy atom. The van der Waals surface area contributed by atoms with Gasteiger partial charge in [0.05, 0.1) is 5.75 Å². The summed E-state index contributed by atoms with van der Waals surface area (Å²) in [4.78, 5) is 11.3. The number of nitrogens with one attached hydrogen (secondary N) is 1. The summed E-state index contributed by atoms with van der Waals surface area (Å²) in [6.07, 6.45) is 0.617. The van der Waals surface area contributed by atoms with E-state index >= 15 is 0 Å². The summed E-state index contributed by atoms with van der Waals surface area (Å²) in [7, 11) is -2.99. The highest BCUT2D eigenvalue weighted by molar-refractivity contribution is 7.91. The minimum atomic E-state index is -2.99. The Morgan fingerprint density at radius 2 is 2.07 bits per heavy atom. The molecule has 15 heavy (non-hydrogen) atoms. The van der Waals surface area contributed by atoms with E-state index in [1.165, 1.54) is 0 Å². The third kappa shape index (κ3) is 6.46. The van der Waals surface area contributed by atoms with Crippen LogP contribution in [0.3, 0.4) is 0 Å². The molecule has 0 aromatic heterocycles. The molecule has 0 aliphatic carbocycles. The quantitative estimate of drug-likeness (QED) is 0.625. The number of sulfone groups is 1. The van der Waals surface area contributed by atoms with E-state index < -0.39 is 9.84 Å². The Labute approximate surface area is 91.3 Å². The molecule has 0 rings (SSSR count). The van der Waals surface area contributed by atoms with E-state index in [1.807, 2.05) is 0 Å². The molecule has 0 saturated carbocycles. The van der Waals surface area contributed by atoms with Gasteiger partial charge in [-0.2, -0.15) is 0 Å². The topological polar surface area (TPSA) is 89.3 Å². The fourth-order valence-electron chi connectivity index (χ4n) is 1.03. The molecular formula is C9H20N2O3S. The molecule has 1 atom stereocenters. The van der Waals surface area contributed by atoms with Crippen molar-refractivity contribution in [1.29, 1.82) is 0 Å². The zero-order valence-corrected chi connectivity index (χ0v) is 10.1. The minimum absolute atomic E-state index is 0.00455. The van der Waals surface area contributed by atoms with E-state index in [9.17, 15) is 13.2 Å². The van der Waals surface area contributed by atoms with E-state index in [0.717, 1.165) is 0 Å². The van der Waals surface area contributed by atoms with E-state index in [4.69, 9.17) is 5.73 Å². The van der Waals surface area contributed by atoms with Crippen LogP contribution in [0.15, 0.2) is 0 Å². The summed E-state index contributed by atoms with van der Waals surface area (Å²) in [5, 5.41) is 2.58. The van der Waals surface area contributed by atoms with Crippen molar-refractivity contribution in [2.24, 2.45) is 11.7 Å².